The van der Waals surface area contributed by atoms with E-state index in [1.165, 1.54) is 12.4 Å². The van der Waals surface area contributed by atoms with Crippen molar-refractivity contribution in [1.82, 2.24) is 29.9 Å². The Hall–Kier alpha value is -3.39. The van der Waals surface area contributed by atoms with Crippen LogP contribution in [0.15, 0.2) is 16.8 Å². The van der Waals surface area contributed by atoms with Crippen LogP contribution in [0, 0.1) is 5.41 Å². The lowest BCUT2D eigenvalue weighted by Gasteiger charge is -2.38. The van der Waals surface area contributed by atoms with E-state index in [0.717, 1.165) is 9.58 Å². The Bertz CT molecular complexity index is 1180. The van der Waals surface area contributed by atoms with Gasteiger partial charge < -0.3 is 9.32 Å². The van der Waals surface area contributed by atoms with Gasteiger partial charge in [0.25, 0.3) is 6.43 Å². The molecule has 0 aliphatic carbocycles. The van der Waals surface area contributed by atoms with Gasteiger partial charge in [0.2, 0.25) is 5.91 Å². The van der Waals surface area contributed by atoms with Crippen LogP contribution in [0.1, 0.15) is 25.2 Å². The van der Waals surface area contributed by atoms with Crippen molar-refractivity contribution in [3.05, 3.63) is 18.3 Å². The van der Waals surface area contributed by atoms with Crippen LogP contribution in [0.5, 0.6) is 0 Å². The van der Waals surface area contributed by atoms with Gasteiger partial charge in [0, 0.05) is 19.6 Å². The fourth-order valence-electron chi connectivity index (χ4n) is 4.33. The molecule has 0 unspecified atom stereocenters. The Labute approximate surface area is 182 Å². The predicted octanol–water partition coefficient (Wildman–Crippen LogP) is 2.52. The number of rotatable bonds is 4. The highest BCUT2D eigenvalue weighted by atomic mass is 19.4. The van der Waals surface area contributed by atoms with Crippen LogP contribution < -0.4 is 9.80 Å². The van der Waals surface area contributed by atoms with Gasteiger partial charge in [0.1, 0.15) is 17.9 Å². The normalized spacial score (nSPS) is 18.9. The molecule has 2 aliphatic rings. The number of carbonyl (C=O) groups is 1. The summed E-state index contributed by atoms with van der Waals surface area (Å²) in [5.41, 5.74) is -0.112. The first-order valence-electron chi connectivity index (χ1n) is 10.1. The van der Waals surface area contributed by atoms with Crippen LogP contribution in [0.25, 0.3) is 11.2 Å². The molecule has 5 rings (SSSR count). The summed E-state index contributed by atoms with van der Waals surface area (Å²) >= 11 is 0. The number of hydrogen-bond acceptors (Lipinski definition) is 8. The maximum Gasteiger partial charge on any atom is 0.470 e. The summed E-state index contributed by atoms with van der Waals surface area (Å²) in [7, 11) is 0. The molecular weight excluding hydrogens is 455 g/mol. The molecule has 3 aromatic rings. The predicted molar refractivity (Wildman–Crippen MR) is 101 cm³/mol. The zero-order valence-electron chi connectivity index (χ0n) is 17.0. The molecule has 0 N–H and O–H groups in total. The van der Waals surface area contributed by atoms with E-state index in [1.54, 1.807) is 0 Å². The summed E-state index contributed by atoms with van der Waals surface area (Å²) in [6.45, 7) is 0.443. The molecule has 2 aliphatic heterocycles. The van der Waals surface area contributed by atoms with Crippen LogP contribution in [-0.2, 0) is 17.5 Å². The van der Waals surface area contributed by atoms with Gasteiger partial charge >= 0.3 is 18.1 Å². The fraction of sp³-hybridized carbons (Fsp3) is 0.556. The number of carbonyl (C=O) groups excluding carboxylic acids is 1. The Morgan fingerprint density at radius 1 is 1.09 bits per heavy atom. The van der Waals surface area contributed by atoms with E-state index < -0.39 is 36.5 Å². The molecule has 0 saturated carbocycles. The van der Waals surface area contributed by atoms with Crippen molar-refractivity contribution in [3.63, 3.8) is 0 Å². The van der Waals surface area contributed by atoms with Gasteiger partial charge in [-0.1, -0.05) is 5.10 Å². The van der Waals surface area contributed by atoms with Crippen LogP contribution >= 0.6 is 0 Å². The van der Waals surface area contributed by atoms with E-state index in [4.69, 9.17) is 0 Å². The molecule has 10 nitrogen and oxygen atoms in total. The molecule has 1 spiro atoms. The van der Waals surface area contributed by atoms with Crippen molar-refractivity contribution in [2.24, 2.45) is 5.41 Å². The van der Waals surface area contributed by atoms with Crippen molar-refractivity contribution in [1.29, 1.82) is 0 Å². The number of fused-ring (bicyclic) bond motifs is 1. The number of aromatic nitrogens is 6. The molecular formula is C18H17F5N8O2. The van der Waals surface area contributed by atoms with Crippen molar-refractivity contribution in [3.8, 4) is 0 Å². The lowest BCUT2D eigenvalue weighted by atomic mass is 9.77. The number of anilines is 2. The summed E-state index contributed by atoms with van der Waals surface area (Å²) < 4.78 is 69.5. The lowest BCUT2D eigenvalue weighted by molar-refractivity contribution is -0.157. The largest absolute Gasteiger partial charge is 0.470 e. The number of amides is 1. The molecule has 3 aromatic heterocycles. The van der Waals surface area contributed by atoms with Crippen LogP contribution in [0.2, 0.25) is 0 Å². The highest BCUT2D eigenvalue weighted by Gasteiger charge is 2.50. The standard InChI is InChI=1S/C18H17F5N8O2/c19-11(20)9-31-13-10(7-25-31)24-8-12(26-13)29-4-1-17(2-5-29)3-6-30(15(17)32)16-28-27-14(33-16)18(21,22)23/h7-8,11H,1-6,9H2. The minimum Gasteiger partial charge on any atom is -0.399 e. The molecule has 5 heterocycles. The SMILES string of the molecule is O=C1N(c2nnc(C(F)(F)F)o2)CCC12CCN(c1cnc3cnn(CC(F)F)c3n1)CC2. The van der Waals surface area contributed by atoms with Crippen LogP contribution in [0.4, 0.5) is 33.8 Å². The summed E-state index contributed by atoms with van der Waals surface area (Å²) in [5, 5.41) is 10.3. The van der Waals surface area contributed by atoms with Gasteiger partial charge in [0.15, 0.2) is 5.65 Å². The average molecular weight is 472 g/mol. The Balaban J connectivity index is 1.30. The third-order valence-corrected chi connectivity index (χ3v) is 6.09. The monoisotopic (exact) mass is 472 g/mol. The third-order valence-electron chi connectivity index (χ3n) is 6.09. The lowest BCUT2D eigenvalue weighted by Crippen LogP contribution is -2.45. The first kappa shape index (κ1) is 21.5. The first-order chi connectivity index (χ1) is 15.7. The molecule has 0 atom stereocenters. The molecule has 2 fully saturated rings. The van der Waals surface area contributed by atoms with Gasteiger partial charge in [-0.2, -0.15) is 18.3 Å². The number of halogens is 5. The maximum absolute atomic E-state index is 13.1. The Kier molecular flexibility index (Phi) is 4.93. The van der Waals surface area contributed by atoms with E-state index in [9.17, 15) is 26.7 Å². The summed E-state index contributed by atoms with van der Waals surface area (Å²) in [4.78, 5) is 24.7. The highest BCUT2D eigenvalue weighted by Crippen LogP contribution is 2.44. The molecule has 33 heavy (non-hydrogen) atoms. The molecule has 0 bridgehead atoms. The summed E-state index contributed by atoms with van der Waals surface area (Å²) in [5.74, 6) is -1.38. The van der Waals surface area contributed by atoms with E-state index in [2.05, 4.69) is 29.7 Å². The zero-order chi connectivity index (χ0) is 23.4. The topological polar surface area (TPSA) is 106 Å². The maximum atomic E-state index is 13.1. The quantitative estimate of drug-likeness (QED) is 0.534. The van der Waals surface area contributed by atoms with Gasteiger partial charge in [-0.25, -0.2) is 23.4 Å². The third kappa shape index (κ3) is 3.74. The number of nitrogens with zero attached hydrogens (tertiary/aromatic N) is 8. The highest BCUT2D eigenvalue weighted by molar-refractivity contribution is 5.98. The molecule has 176 valence electrons. The molecule has 0 radical (unpaired) electrons. The molecule has 1 amide bonds. The number of piperidine rings is 1. The number of alkyl halides is 5. The van der Waals surface area contributed by atoms with Gasteiger partial charge in [-0.15, -0.1) is 5.10 Å². The second-order valence-corrected chi connectivity index (χ2v) is 8.02. The summed E-state index contributed by atoms with van der Waals surface area (Å²) in [6.07, 6.45) is -3.19. The van der Waals surface area contributed by atoms with Gasteiger partial charge in [-0.05, 0) is 19.3 Å². The van der Waals surface area contributed by atoms with E-state index in [0.29, 0.717) is 43.7 Å². The Morgan fingerprint density at radius 2 is 1.82 bits per heavy atom. The minimum atomic E-state index is -4.79. The van der Waals surface area contributed by atoms with Crippen LogP contribution in [-0.4, -0.2) is 61.9 Å². The van der Waals surface area contributed by atoms with E-state index in [-0.39, 0.29) is 18.1 Å². The minimum absolute atomic E-state index is 0.177. The fourth-order valence-corrected chi connectivity index (χ4v) is 4.33. The average Bonchev–Trinajstić information content (AvgIpc) is 3.48. The molecule has 0 aromatic carbocycles. The van der Waals surface area contributed by atoms with Crippen molar-refractivity contribution in [2.45, 2.75) is 38.4 Å². The second-order valence-electron chi connectivity index (χ2n) is 8.02. The van der Waals surface area contributed by atoms with Crippen LogP contribution in [0.3, 0.4) is 0 Å². The molecule has 2 saturated heterocycles. The first-order valence-corrected chi connectivity index (χ1v) is 10.1. The van der Waals surface area contributed by atoms with E-state index >= 15 is 0 Å². The molecule has 15 heteroatoms. The number of hydrogen-bond donors (Lipinski definition) is 0. The van der Waals surface area contributed by atoms with Crippen molar-refractivity contribution < 1.29 is 31.2 Å². The zero-order valence-corrected chi connectivity index (χ0v) is 17.0. The van der Waals surface area contributed by atoms with Crippen molar-refractivity contribution >= 4 is 28.9 Å². The van der Waals surface area contributed by atoms with Gasteiger partial charge in [-0.3, -0.25) is 9.69 Å². The van der Waals surface area contributed by atoms with E-state index in [1.807, 2.05) is 4.90 Å². The van der Waals surface area contributed by atoms with Crippen molar-refractivity contribution in [2.75, 3.05) is 29.4 Å². The smallest absolute Gasteiger partial charge is 0.399 e. The summed E-state index contributed by atoms with van der Waals surface area (Å²) in [6, 6.07) is -0.463. The Morgan fingerprint density at radius 3 is 2.48 bits per heavy atom. The second kappa shape index (κ2) is 7.59. The van der Waals surface area contributed by atoms with Gasteiger partial charge in [0.05, 0.1) is 17.8 Å².